The first kappa shape index (κ1) is 48.6. The lowest BCUT2D eigenvalue weighted by atomic mass is 9.85. The highest BCUT2D eigenvalue weighted by Gasteiger charge is 2.45. The third-order valence-electron chi connectivity index (χ3n) is 12.3. The molecular weight excluding hydrogens is 902 g/mol. The van der Waals surface area contributed by atoms with Gasteiger partial charge in [-0.15, -0.1) is 21.5 Å². The zero-order chi connectivity index (χ0) is 48.8. The van der Waals surface area contributed by atoms with Crippen molar-refractivity contribution in [2.75, 3.05) is 25.0 Å². The van der Waals surface area contributed by atoms with Gasteiger partial charge in [0.05, 0.1) is 29.2 Å². The third-order valence-corrected chi connectivity index (χ3v) is 13.2. The van der Waals surface area contributed by atoms with Gasteiger partial charge >= 0.3 is 0 Å². The molecule has 2 aliphatic heterocycles. The molecule has 0 spiro atoms. The van der Waals surface area contributed by atoms with E-state index < -0.39 is 23.3 Å². The van der Waals surface area contributed by atoms with E-state index in [9.17, 15) is 28.7 Å². The molecule has 360 valence electrons. The maximum atomic E-state index is 14.8. The molecule has 1 saturated heterocycles. The summed E-state index contributed by atoms with van der Waals surface area (Å²) >= 11 is 1.56. The Bertz CT molecular complexity index is 2840. The summed E-state index contributed by atoms with van der Waals surface area (Å²) in [6, 6.07) is 13.9. The second-order valence-corrected chi connectivity index (χ2v) is 19.1. The van der Waals surface area contributed by atoms with Crippen LogP contribution < -0.4 is 26.0 Å². The largest absolute Gasteiger partial charge is 0.493 e. The SMILES string of the molecule is Cc1nc(CCC(=O)NCCCCC(=O)N[C](C(=O)N2C[C](O)C[C@H]2C(=O)NCc2ccc(-c3scnc3C)cc2)C(C)(C)C)ccc1-c1cnc(NCc2c(F)ccc3c2CCO3)n2cnnc12. The van der Waals surface area contributed by atoms with Gasteiger partial charge in [0.1, 0.15) is 30.0 Å². The minimum atomic E-state index is -0.942. The molecule has 0 unspecified atom stereocenters. The molecule has 4 amide bonds. The van der Waals surface area contributed by atoms with E-state index in [0.717, 1.165) is 49.8 Å². The normalized spacial score (nSPS) is 14.8. The van der Waals surface area contributed by atoms with Gasteiger partial charge in [0.25, 0.3) is 5.91 Å². The van der Waals surface area contributed by atoms with Crippen LogP contribution in [0.2, 0.25) is 0 Å². The van der Waals surface area contributed by atoms with Crippen LogP contribution in [0.1, 0.15) is 86.6 Å². The Hall–Kier alpha value is -6.86. The van der Waals surface area contributed by atoms with Gasteiger partial charge in [0.15, 0.2) is 11.7 Å². The van der Waals surface area contributed by atoms with Gasteiger partial charge in [-0.2, -0.15) is 0 Å². The first-order valence-electron chi connectivity index (χ1n) is 23.0. The molecule has 6 heterocycles. The molecule has 17 nitrogen and oxygen atoms in total. The predicted octanol–water partition coefficient (Wildman–Crippen LogP) is 6.35. The molecule has 6 aromatic rings. The Kier molecular flexibility index (Phi) is 14.9. The average Bonchev–Trinajstić information content (AvgIpc) is 4.17. The lowest BCUT2D eigenvalue weighted by Crippen LogP contribution is -2.53. The van der Waals surface area contributed by atoms with E-state index >= 15 is 0 Å². The van der Waals surface area contributed by atoms with Crippen molar-refractivity contribution < 1.29 is 33.4 Å². The smallest absolute Gasteiger partial charge is 0.252 e. The number of nitrogens with zero attached hydrogens (tertiary/aromatic N) is 7. The Morgan fingerprint density at radius 2 is 1.74 bits per heavy atom. The maximum absolute atomic E-state index is 14.8. The lowest BCUT2D eigenvalue weighted by Gasteiger charge is -2.34. The van der Waals surface area contributed by atoms with Gasteiger partial charge in [-0.05, 0) is 67.9 Å². The molecule has 0 bridgehead atoms. The van der Waals surface area contributed by atoms with Gasteiger partial charge in [0.2, 0.25) is 23.7 Å². The molecule has 0 aliphatic carbocycles. The molecule has 4 aromatic heterocycles. The number of rotatable bonds is 18. The van der Waals surface area contributed by atoms with Crippen LogP contribution in [0, 0.1) is 37.2 Å². The quantitative estimate of drug-likeness (QED) is 0.0596. The molecule has 8 rings (SSSR count). The second kappa shape index (κ2) is 21.2. The van der Waals surface area contributed by atoms with Crippen LogP contribution in [0.4, 0.5) is 10.3 Å². The summed E-state index contributed by atoms with van der Waals surface area (Å²) in [5.74, 6) is -0.584. The number of thiazole rings is 1. The highest BCUT2D eigenvalue weighted by molar-refractivity contribution is 7.13. The van der Waals surface area contributed by atoms with Crippen molar-refractivity contribution in [3.05, 3.63) is 118 Å². The molecule has 69 heavy (non-hydrogen) atoms. The number of unbranched alkanes of at least 4 members (excludes halogenated alkanes) is 1. The summed E-state index contributed by atoms with van der Waals surface area (Å²) in [6.07, 6.45) is 5.64. The van der Waals surface area contributed by atoms with Crippen LogP contribution in [-0.4, -0.2) is 88.9 Å². The van der Waals surface area contributed by atoms with Crippen LogP contribution in [-0.2, 0) is 45.1 Å². The van der Waals surface area contributed by atoms with Crippen molar-refractivity contribution in [2.24, 2.45) is 5.41 Å². The van der Waals surface area contributed by atoms with E-state index in [1.807, 2.05) is 50.2 Å². The zero-order valence-corrected chi connectivity index (χ0v) is 40.1. The number of nitrogens with one attached hydrogen (secondary N) is 4. The highest BCUT2D eigenvalue weighted by Crippen LogP contribution is 2.34. The number of carbonyl (C=O) groups is 4. The molecule has 1 atom stereocenters. The average molecular weight is 958 g/mol. The number of halogens is 1. The maximum Gasteiger partial charge on any atom is 0.252 e. The van der Waals surface area contributed by atoms with Crippen LogP contribution in [0.25, 0.3) is 27.2 Å². The highest BCUT2D eigenvalue weighted by atomic mass is 32.1. The van der Waals surface area contributed by atoms with E-state index in [4.69, 9.17) is 9.72 Å². The number of aliphatic hydroxyl groups is 1. The number of fused-ring (bicyclic) bond motifs is 2. The van der Waals surface area contributed by atoms with E-state index in [1.54, 1.807) is 60.6 Å². The number of pyridine rings is 1. The van der Waals surface area contributed by atoms with Crippen LogP contribution in [0.3, 0.4) is 0 Å². The summed E-state index contributed by atoms with van der Waals surface area (Å²) in [5, 5.41) is 30.8. The van der Waals surface area contributed by atoms with Crippen molar-refractivity contribution in [1.29, 1.82) is 0 Å². The summed E-state index contributed by atoms with van der Waals surface area (Å²) in [6.45, 7) is 10.5. The van der Waals surface area contributed by atoms with E-state index in [0.29, 0.717) is 61.7 Å². The Morgan fingerprint density at radius 3 is 2.49 bits per heavy atom. The fourth-order valence-corrected chi connectivity index (χ4v) is 9.35. The number of aryl methyl sites for hydroxylation is 3. The third kappa shape index (κ3) is 11.4. The molecule has 1 fully saturated rings. The van der Waals surface area contributed by atoms with Crippen molar-refractivity contribution in [1.82, 2.24) is 50.4 Å². The minimum Gasteiger partial charge on any atom is -0.493 e. The number of ether oxygens (including phenoxy) is 1. The van der Waals surface area contributed by atoms with Gasteiger partial charge in [-0.25, -0.2) is 14.4 Å². The molecule has 2 radical (unpaired) electrons. The minimum absolute atomic E-state index is 0.000651. The van der Waals surface area contributed by atoms with Gasteiger partial charge < -0.3 is 36.0 Å². The number of carbonyl (C=O) groups excluding carboxylic acids is 4. The summed E-state index contributed by atoms with van der Waals surface area (Å²) < 4.78 is 22.1. The van der Waals surface area contributed by atoms with Crippen molar-refractivity contribution in [3.63, 3.8) is 0 Å². The lowest BCUT2D eigenvalue weighted by molar-refractivity contribution is -0.139. The topological polar surface area (TPSA) is 218 Å². The van der Waals surface area contributed by atoms with Crippen LogP contribution >= 0.6 is 11.3 Å². The van der Waals surface area contributed by atoms with Gasteiger partial charge in [-0.3, -0.25) is 28.6 Å². The fourth-order valence-electron chi connectivity index (χ4n) is 8.54. The van der Waals surface area contributed by atoms with E-state index in [1.165, 1.54) is 11.0 Å². The Labute approximate surface area is 403 Å². The Balaban J connectivity index is 0.768. The van der Waals surface area contributed by atoms with Gasteiger partial charge in [0, 0.05) is 85.2 Å². The summed E-state index contributed by atoms with van der Waals surface area (Å²) in [4.78, 5) is 69.5. The molecule has 2 aliphatic rings. The standard InChI is InChI=1S/C50H56FN11O6S/c1-29-35(38-25-55-49(62-27-57-60-46(38)62)54-24-37-36-19-21-68-41(36)17-16-39(37)51)15-13-33(58-29)14-18-42(64)52-20-7-6-8-43(65)59-45(50(3,4)5)48(67)61-26-34(63)22-40(61)47(66)53-23-31-9-11-32(12-10-31)44-30(2)56-28-69-44/h9-13,15-17,25,27-28,40,63H,6-8,14,18-24,26H2,1-5H3,(H,52,64)(H,53,66)(H,54,55)(H,59,65)/t40-/m0/s1. The summed E-state index contributed by atoms with van der Waals surface area (Å²) in [5.41, 5.74) is 8.85. The first-order valence-corrected chi connectivity index (χ1v) is 23.9. The monoisotopic (exact) mass is 957 g/mol. The molecular formula is C50H56FN11O6S. The summed E-state index contributed by atoms with van der Waals surface area (Å²) in [7, 11) is 0. The molecule has 2 aromatic carbocycles. The van der Waals surface area contributed by atoms with Crippen molar-refractivity contribution in [2.45, 2.75) is 98.7 Å². The van der Waals surface area contributed by atoms with Crippen molar-refractivity contribution in [3.8, 4) is 27.3 Å². The molecule has 19 heteroatoms. The van der Waals surface area contributed by atoms with Gasteiger partial charge in [-0.1, -0.05) is 51.1 Å². The number of aromatic nitrogens is 6. The number of amides is 4. The predicted molar refractivity (Wildman–Crippen MR) is 257 cm³/mol. The number of aliphatic hydroxyl groups excluding tert-OH is 1. The van der Waals surface area contributed by atoms with E-state index in [-0.39, 0.29) is 68.7 Å². The van der Waals surface area contributed by atoms with Crippen LogP contribution in [0.5, 0.6) is 5.75 Å². The first-order chi connectivity index (χ1) is 33.1. The number of anilines is 1. The van der Waals surface area contributed by atoms with Crippen LogP contribution in [0.15, 0.2) is 66.6 Å². The van der Waals surface area contributed by atoms with Crippen molar-refractivity contribution >= 4 is 46.6 Å². The van der Waals surface area contributed by atoms with E-state index in [2.05, 4.69) is 41.4 Å². The molecule has 5 N–H and O–H groups in total. The fraction of sp³-hybridized carbons (Fsp3) is 0.380. The number of hydrogen-bond acceptors (Lipinski definition) is 13. The Morgan fingerprint density at radius 1 is 0.928 bits per heavy atom. The number of hydrogen-bond donors (Lipinski definition) is 5. The number of likely N-dealkylation sites (tertiary alicyclic amines) is 1. The second-order valence-electron chi connectivity index (χ2n) is 18.3. The zero-order valence-electron chi connectivity index (χ0n) is 39.3. The molecule has 0 saturated carbocycles. The number of benzene rings is 2.